The molecule has 100 valence electrons. The van der Waals surface area contributed by atoms with Crippen LogP contribution >= 0.6 is 11.6 Å². The smallest absolute Gasteiger partial charge is 0.239 e. The van der Waals surface area contributed by atoms with Crippen molar-refractivity contribution in [3.63, 3.8) is 0 Å². The predicted octanol–water partition coefficient (Wildman–Crippen LogP) is 3.19. The number of alkyl halides is 1. The molecule has 0 aromatic heterocycles. The lowest BCUT2D eigenvalue weighted by molar-refractivity contribution is -0.113. The summed E-state index contributed by atoms with van der Waals surface area (Å²) in [6.07, 6.45) is 0. The van der Waals surface area contributed by atoms with Gasteiger partial charge in [0.1, 0.15) is 11.7 Å². The molecule has 0 aliphatic rings. The average molecular weight is 273 g/mol. The van der Waals surface area contributed by atoms with Crippen molar-refractivity contribution in [3.8, 4) is 0 Å². The summed E-state index contributed by atoms with van der Waals surface area (Å²) in [4.78, 5) is 13.0. The normalized spacial score (nSPS) is 10.6. The summed E-state index contributed by atoms with van der Waals surface area (Å²) < 4.78 is 13.9. The average Bonchev–Trinajstić information content (AvgIpc) is 2.29. The Morgan fingerprint density at radius 3 is 2.50 bits per heavy atom. The molecular formula is C13H18ClFN2O. The molecule has 1 rings (SSSR count). The Hall–Kier alpha value is -1.29. The van der Waals surface area contributed by atoms with E-state index >= 15 is 0 Å². The van der Waals surface area contributed by atoms with Crippen LogP contribution in [0.25, 0.3) is 0 Å². The standard InChI is InChI=1S/C13H18ClFN2O/c1-8(2)9-5-10(15)12(17(3)4)6-11(9)16-13(18)7-14/h5-6,8H,7H2,1-4H3,(H,16,18). The number of anilines is 2. The number of hydrogen-bond acceptors (Lipinski definition) is 2. The van der Waals surface area contributed by atoms with Gasteiger partial charge in [-0.2, -0.15) is 0 Å². The number of carbonyl (C=O) groups excluding carboxylic acids is 1. The Morgan fingerprint density at radius 1 is 1.44 bits per heavy atom. The van der Waals surface area contributed by atoms with Crippen LogP contribution in [0, 0.1) is 5.82 Å². The molecule has 0 aliphatic heterocycles. The second-order valence-electron chi connectivity index (χ2n) is 4.62. The first-order chi connectivity index (χ1) is 8.36. The van der Waals surface area contributed by atoms with Crippen molar-refractivity contribution < 1.29 is 9.18 Å². The number of hydrogen-bond donors (Lipinski definition) is 1. The Balaban J connectivity index is 3.26. The van der Waals surface area contributed by atoms with Crippen LogP contribution in [0.3, 0.4) is 0 Å². The van der Waals surface area contributed by atoms with Crippen LogP contribution in [0.2, 0.25) is 0 Å². The molecule has 5 heteroatoms. The maximum Gasteiger partial charge on any atom is 0.239 e. The van der Waals surface area contributed by atoms with Gasteiger partial charge in [-0.25, -0.2) is 4.39 Å². The third kappa shape index (κ3) is 3.35. The van der Waals surface area contributed by atoms with E-state index in [9.17, 15) is 9.18 Å². The summed E-state index contributed by atoms with van der Waals surface area (Å²) in [5.74, 6) is -0.601. The summed E-state index contributed by atoms with van der Waals surface area (Å²) >= 11 is 5.47. The van der Waals surface area contributed by atoms with E-state index in [2.05, 4.69) is 5.32 Å². The fraction of sp³-hybridized carbons (Fsp3) is 0.462. The molecule has 0 atom stereocenters. The van der Waals surface area contributed by atoms with Crippen molar-refractivity contribution in [2.24, 2.45) is 0 Å². The molecule has 0 unspecified atom stereocenters. The molecule has 0 radical (unpaired) electrons. The molecule has 0 fully saturated rings. The van der Waals surface area contributed by atoms with Crippen molar-refractivity contribution in [1.29, 1.82) is 0 Å². The number of nitrogens with zero attached hydrogens (tertiary/aromatic N) is 1. The molecule has 0 bridgehead atoms. The molecule has 3 nitrogen and oxygen atoms in total. The van der Waals surface area contributed by atoms with Crippen molar-refractivity contribution in [1.82, 2.24) is 0 Å². The van der Waals surface area contributed by atoms with Gasteiger partial charge in [-0.05, 0) is 23.6 Å². The van der Waals surface area contributed by atoms with Gasteiger partial charge in [-0.1, -0.05) is 13.8 Å². The summed E-state index contributed by atoms with van der Waals surface area (Å²) in [5, 5.41) is 2.70. The number of rotatable bonds is 4. The Kier molecular flexibility index (Phi) is 4.96. The fourth-order valence-electron chi connectivity index (χ4n) is 1.69. The van der Waals surface area contributed by atoms with Crippen LogP contribution in [0.4, 0.5) is 15.8 Å². The zero-order chi connectivity index (χ0) is 13.9. The van der Waals surface area contributed by atoms with Crippen LogP contribution < -0.4 is 10.2 Å². The highest BCUT2D eigenvalue weighted by molar-refractivity contribution is 6.29. The second-order valence-corrected chi connectivity index (χ2v) is 4.89. The Labute approximate surface area is 112 Å². The molecule has 1 aromatic carbocycles. The maximum absolute atomic E-state index is 13.9. The van der Waals surface area contributed by atoms with E-state index in [1.54, 1.807) is 25.1 Å². The highest BCUT2D eigenvalue weighted by atomic mass is 35.5. The first-order valence-corrected chi connectivity index (χ1v) is 6.26. The number of halogens is 2. The first kappa shape index (κ1) is 14.8. The highest BCUT2D eigenvalue weighted by Gasteiger charge is 2.15. The van der Waals surface area contributed by atoms with Crippen molar-refractivity contribution in [2.75, 3.05) is 30.2 Å². The summed E-state index contributed by atoms with van der Waals surface area (Å²) in [6, 6.07) is 3.10. The molecule has 0 spiro atoms. The van der Waals surface area contributed by atoms with E-state index < -0.39 is 0 Å². The minimum atomic E-state index is -0.299. The summed E-state index contributed by atoms with van der Waals surface area (Å²) in [6.45, 7) is 3.89. The molecule has 0 saturated heterocycles. The van der Waals surface area contributed by atoms with Gasteiger partial charge in [0.2, 0.25) is 5.91 Å². The van der Waals surface area contributed by atoms with Crippen LogP contribution in [-0.2, 0) is 4.79 Å². The SMILES string of the molecule is CC(C)c1cc(F)c(N(C)C)cc1NC(=O)CCl. The molecule has 1 amide bonds. The van der Waals surface area contributed by atoms with Crippen LogP contribution in [0.15, 0.2) is 12.1 Å². The van der Waals surface area contributed by atoms with Gasteiger partial charge in [-0.15, -0.1) is 11.6 Å². The van der Waals surface area contributed by atoms with Crippen molar-refractivity contribution >= 4 is 28.9 Å². The zero-order valence-corrected chi connectivity index (χ0v) is 11.8. The van der Waals surface area contributed by atoms with Gasteiger partial charge < -0.3 is 10.2 Å². The number of nitrogens with one attached hydrogen (secondary N) is 1. The fourth-order valence-corrected chi connectivity index (χ4v) is 1.76. The van der Waals surface area contributed by atoms with Crippen LogP contribution in [0.1, 0.15) is 25.3 Å². The van der Waals surface area contributed by atoms with E-state index in [1.165, 1.54) is 6.07 Å². The Morgan fingerprint density at radius 2 is 2.06 bits per heavy atom. The van der Waals surface area contributed by atoms with E-state index in [0.717, 1.165) is 5.56 Å². The van der Waals surface area contributed by atoms with E-state index in [0.29, 0.717) is 11.4 Å². The molecule has 1 N–H and O–H groups in total. The lowest BCUT2D eigenvalue weighted by Gasteiger charge is -2.19. The van der Waals surface area contributed by atoms with Gasteiger partial charge in [0.15, 0.2) is 0 Å². The molecular weight excluding hydrogens is 255 g/mol. The van der Waals surface area contributed by atoms with Crippen molar-refractivity contribution in [2.45, 2.75) is 19.8 Å². The molecule has 18 heavy (non-hydrogen) atoms. The summed E-state index contributed by atoms with van der Waals surface area (Å²) in [5.41, 5.74) is 1.81. The van der Waals surface area contributed by atoms with Gasteiger partial charge >= 0.3 is 0 Å². The van der Waals surface area contributed by atoms with Crippen molar-refractivity contribution in [3.05, 3.63) is 23.5 Å². The number of carbonyl (C=O) groups is 1. The lowest BCUT2D eigenvalue weighted by atomic mass is 10.00. The summed E-state index contributed by atoms with van der Waals surface area (Å²) in [7, 11) is 3.50. The Bertz CT molecular complexity index is 447. The molecule has 0 aliphatic carbocycles. The highest BCUT2D eigenvalue weighted by Crippen LogP contribution is 2.31. The monoisotopic (exact) mass is 272 g/mol. The molecule has 1 aromatic rings. The van der Waals surface area contributed by atoms with Gasteiger partial charge in [0.25, 0.3) is 0 Å². The minimum Gasteiger partial charge on any atom is -0.375 e. The topological polar surface area (TPSA) is 32.3 Å². The van der Waals surface area contributed by atoms with Gasteiger partial charge in [0, 0.05) is 19.8 Å². The first-order valence-electron chi connectivity index (χ1n) is 5.73. The molecule has 0 heterocycles. The second kappa shape index (κ2) is 6.05. The molecule has 0 saturated carbocycles. The number of benzene rings is 1. The zero-order valence-electron chi connectivity index (χ0n) is 11.1. The van der Waals surface area contributed by atoms with Gasteiger partial charge in [0.05, 0.1) is 5.69 Å². The van der Waals surface area contributed by atoms with E-state index in [-0.39, 0.29) is 23.5 Å². The van der Waals surface area contributed by atoms with Gasteiger partial charge in [-0.3, -0.25) is 4.79 Å². The minimum absolute atomic E-state index is 0.112. The largest absolute Gasteiger partial charge is 0.375 e. The lowest BCUT2D eigenvalue weighted by Crippen LogP contribution is -2.17. The van der Waals surface area contributed by atoms with Crippen LogP contribution in [0.5, 0.6) is 0 Å². The third-order valence-corrected chi connectivity index (χ3v) is 2.86. The quantitative estimate of drug-likeness (QED) is 0.854. The van der Waals surface area contributed by atoms with E-state index in [4.69, 9.17) is 11.6 Å². The third-order valence-electron chi connectivity index (χ3n) is 2.62. The van der Waals surface area contributed by atoms with Crippen LogP contribution in [-0.4, -0.2) is 25.9 Å². The van der Waals surface area contributed by atoms with E-state index in [1.807, 2.05) is 13.8 Å². The number of amides is 1. The predicted molar refractivity (Wildman–Crippen MR) is 74.2 cm³/mol. The maximum atomic E-state index is 13.9.